The highest BCUT2D eigenvalue weighted by molar-refractivity contribution is 9.10. The van der Waals surface area contributed by atoms with Gasteiger partial charge in [-0.1, -0.05) is 15.9 Å². The molecule has 94 valence electrons. The molecule has 1 N–H and O–H groups in total. The first kappa shape index (κ1) is 13.8. The van der Waals surface area contributed by atoms with Crippen LogP contribution in [0.15, 0.2) is 16.6 Å². The van der Waals surface area contributed by atoms with E-state index in [1.54, 1.807) is 6.07 Å². The fraction of sp³-hybridized carbons (Fsp3) is 0.364. The number of hydrogen-bond donors (Lipinski definition) is 1. The minimum atomic E-state index is -1.37. The molecule has 5 nitrogen and oxygen atoms in total. The predicted octanol–water partition coefficient (Wildman–Crippen LogP) is 1.67. The van der Waals surface area contributed by atoms with E-state index in [0.717, 1.165) is 0 Å². The average Bonchev–Trinajstić information content (AvgIpc) is 2.36. The molecule has 0 aliphatic carbocycles. The van der Waals surface area contributed by atoms with Gasteiger partial charge in [-0.25, -0.2) is 4.79 Å². The van der Waals surface area contributed by atoms with Crippen LogP contribution in [0.1, 0.15) is 11.7 Å². The minimum Gasteiger partial charge on any atom is -0.493 e. The molecule has 0 aliphatic heterocycles. The Morgan fingerprint density at radius 1 is 1.24 bits per heavy atom. The van der Waals surface area contributed by atoms with Crippen molar-refractivity contribution in [2.24, 2.45) is 0 Å². The third kappa shape index (κ3) is 2.89. The second kappa shape index (κ2) is 5.88. The van der Waals surface area contributed by atoms with Crippen LogP contribution in [0.5, 0.6) is 11.5 Å². The van der Waals surface area contributed by atoms with Gasteiger partial charge < -0.3 is 19.3 Å². The summed E-state index contributed by atoms with van der Waals surface area (Å²) in [4.78, 5) is 11.3. The maximum Gasteiger partial charge on any atom is 0.339 e. The lowest BCUT2D eigenvalue weighted by atomic mass is 10.1. The second-order valence-electron chi connectivity index (χ2n) is 3.15. The molecule has 17 heavy (non-hydrogen) atoms. The molecule has 1 aromatic carbocycles. The van der Waals surface area contributed by atoms with Crippen molar-refractivity contribution < 1.29 is 24.1 Å². The Balaban J connectivity index is 3.21. The zero-order valence-corrected chi connectivity index (χ0v) is 11.3. The largest absolute Gasteiger partial charge is 0.493 e. The van der Waals surface area contributed by atoms with Crippen molar-refractivity contribution >= 4 is 21.9 Å². The van der Waals surface area contributed by atoms with E-state index >= 15 is 0 Å². The van der Waals surface area contributed by atoms with Gasteiger partial charge in [0, 0.05) is 10.0 Å². The van der Waals surface area contributed by atoms with Crippen LogP contribution in [0, 0.1) is 0 Å². The van der Waals surface area contributed by atoms with E-state index in [4.69, 9.17) is 9.47 Å². The summed E-state index contributed by atoms with van der Waals surface area (Å²) < 4.78 is 15.2. The Hall–Kier alpha value is -1.27. The lowest BCUT2D eigenvalue weighted by Crippen LogP contribution is -2.14. The molecule has 0 aromatic heterocycles. The highest BCUT2D eigenvalue weighted by Crippen LogP contribution is 2.36. The smallest absolute Gasteiger partial charge is 0.339 e. The fourth-order valence-electron chi connectivity index (χ4n) is 1.32. The highest BCUT2D eigenvalue weighted by Gasteiger charge is 2.22. The van der Waals surface area contributed by atoms with E-state index in [1.807, 2.05) is 0 Å². The molecule has 6 heteroatoms. The first-order valence-electron chi connectivity index (χ1n) is 4.72. The zero-order valence-electron chi connectivity index (χ0n) is 9.69. The Morgan fingerprint density at radius 2 is 1.76 bits per heavy atom. The Morgan fingerprint density at radius 3 is 2.24 bits per heavy atom. The molecule has 0 amide bonds. The second-order valence-corrected chi connectivity index (χ2v) is 4.01. The molecule has 0 bridgehead atoms. The summed E-state index contributed by atoms with van der Waals surface area (Å²) in [5, 5.41) is 9.75. The monoisotopic (exact) mass is 304 g/mol. The summed E-state index contributed by atoms with van der Waals surface area (Å²) in [6.07, 6.45) is -1.37. The number of carbonyl (C=O) groups is 1. The van der Waals surface area contributed by atoms with Crippen molar-refractivity contribution in [2.75, 3.05) is 21.3 Å². The molecule has 0 aliphatic rings. The van der Waals surface area contributed by atoms with Gasteiger partial charge >= 0.3 is 5.97 Å². The number of aliphatic hydroxyl groups excluding tert-OH is 1. The van der Waals surface area contributed by atoms with Crippen LogP contribution in [-0.4, -0.2) is 32.4 Å². The number of methoxy groups -OCH3 is 3. The quantitative estimate of drug-likeness (QED) is 0.857. The molecule has 0 heterocycles. The lowest BCUT2D eigenvalue weighted by Gasteiger charge is -2.14. The Labute approximate surface area is 107 Å². The van der Waals surface area contributed by atoms with Gasteiger partial charge in [-0.15, -0.1) is 0 Å². The number of esters is 1. The van der Waals surface area contributed by atoms with Gasteiger partial charge in [0.05, 0.1) is 21.3 Å². The summed E-state index contributed by atoms with van der Waals surface area (Å²) in [6.45, 7) is 0. The molecule has 0 saturated heterocycles. The van der Waals surface area contributed by atoms with Gasteiger partial charge in [0.25, 0.3) is 0 Å². The third-order valence-corrected chi connectivity index (χ3v) is 2.91. The Kier molecular flexibility index (Phi) is 4.77. The summed E-state index contributed by atoms with van der Waals surface area (Å²) in [5.74, 6) is 0.187. The number of hydrogen-bond acceptors (Lipinski definition) is 5. The summed E-state index contributed by atoms with van der Waals surface area (Å²) in [6, 6.07) is 3.13. The molecule has 0 fully saturated rings. The van der Waals surface area contributed by atoms with Crippen LogP contribution in [0.3, 0.4) is 0 Å². The van der Waals surface area contributed by atoms with E-state index in [-0.39, 0.29) is 0 Å². The number of carbonyl (C=O) groups excluding carboxylic acids is 1. The minimum absolute atomic E-state index is 0.356. The van der Waals surface area contributed by atoms with Crippen molar-refractivity contribution in [1.29, 1.82) is 0 Å². The summed E-state index contributed by atoms with van der Waals surface area (Å²) in [5.41, 5.74) is 0.356. The first-order chi connectivity index (χ1) is 8.04. The molecule has 1 rings (SSSR count). The fourth-order valence-corrected chi connectivity index (χ4v) is 1.86. The predicted molar refractivity (Wildman–Crippen MR) is 64.2 cm³/mol. The Bertz CT molecular complexity index is 419. The standard InChI is InChI=1S/C11H13BrO5/c1-15-8-4-6(10(13)11(14)17-3)7(12)5-9(8)16-2/h4-5,10,13H,1-3H3. The van der Waals surface area contributed by atoms with Gasteiger partial charge in [-0.3, -0.25) is 0 Å². The number of halogens is 1. The maximum atomic E-state index is 11.3. The van der Waals surface area contributed by atoms with Crippen molar-refractivity contribution in [3.63, 3.8) is 0 Å². The van der Waals surface area contributed by atoms with Crippen LogP contribution in [0.4, 0.5) is 0 Å². The molecule has 0 spiro atoms. The molecule has 0 radical (unpaired) electrons. The highest BCUT2D eigenvalue weighted by atomic mass is 79.9. The first-order valence-corrected chi connectivity index (χ1v) is 5.51. The summed E-state index contributed by atoms with van der Waals surface area (Å²) in [7, 11) is 4.18. The molecule has 1 unspecified atom stereocenters. The molecular formula is C11H13BrO5. The van der Waals surface area contributed by atoms with E-state index in [0.29, 0.717) is 21.5 Å². The average molecular weight is 305 g/mol. The van der Waals surface area contributed by atoms with E-state index in [1.165, 1.54) is 27.4 Å². The van der Waals surface area contributed by atoms with Gasteiger partial charge in [-0.05, 0) is 12.1 Å². The number of rotatable bonds is 4. The van der Waals surface area contributed by atoms with Gasteiger partial charge in [-0.2, -0.15) is 0 Å². The van der Waals surface area contributed by atoms with E-state index in [9.17, 15) is 9.90 Å². The van der Waals surface area contributed by atoms with E-state index in [2.05, 4.69) is 20.7 Å². The van der Waals surface area contributed by atoms with Crippen LogP contribution in [0.25, 0.3) is 0 Å². The van der Waals surface area contributed by atoms with E-state index < -0.39 is 12.1 Å². The molecule has 0 saturated carbocycles. The molecular weight excluding hydrogens is 292 g/mol. The molecule has 1 atom stereocenters. The number of aliphatic hydroxyl groups is 1. The topological polar surface area (TPSA) is 65.0 Å². The zero-order chi connectivity index (χ0) is 13.0. The van der Waals surface area contributed by atoms with Crippen molar-refractivity contribution in [3.8, 4) is 11.5 Å². The maximum absolute atomic E-state index is 11.3. The van der Waals surface area contributed by atoms with Gasteiger partial charge in [0.1, 0.15) is 0 Å². The van der Waals surface area contributed by atoms with Gasteiger partial charge in [0.2, 0.25) is 0 Å². The molecule has 1 aromatic rings. The SMILES string of the molecule is COC(=O)C(O)c1cc(OC)c(OC)cc1Br. The summed E-state index contributed by atoms with van der Waals surface area (Å²) >= 11 is 3.25. The normalized spacial score (nSPS) is 11.8. The van der Waals surface area contributed by atoms with Gasteiger partial charge in [0.15, 0.2) is 17.6 Å². The van der Waals surface area contributed by atoms with Crippen LogP contribution >= 0.6 is 15.9 Å². The number of ether oxygens (including phenoxy) is 3. The number of benzene rings is 1. The van der Waals surface area contributed by atoms with Crippen molar-refractivity contribution in [1.82, 2.24) is 0 Å². The van der Waals surface area contributed by atoms with Crippen molar-refractivity contribution in [2.45, 2.75) is 6.10 Å². The lowest BCUT2D eigenvalue weighted by molar-refractivity contribution is -0.150. The van der Waals surface area contributed by atoms with Crippen LogP contribution < -0.4 is 9.47 Å². The van der Waals surface area contributed by atoms with Crippen LogP contribution in [-0.2, 0) is 9.53 Å². The van der Waals surface area contributed by atoms with Crippen LogP contribution in [0.2, 0.25) is 0 Å². The van der Waals surface area contributed by atoms with Crippen molar-refractivity contribution in [3.05, 3.63) is 22.2 Å². The third-order valence-electron chi connectivity index (χ3n) is 2.22.